The Labute approximate surface area is 170 Å². The Morgan fingerprint density at radius 2 is 1.63 bits per heavy atom. The van der Waals surface area contributed by atoms with Gasteiger partial charge in [0.05, 0.1) is 12.6 Å². The quantitative estimate of drug-likeness (QED) is 0.542. The largest absolute Gasteiger partial charge is 0.497 e. The van der Waals surface area contributed by atoms with Crippen LogP contribution in [0.3, 0.4) is 0 Å². The SMILES string of the molecule is COc1ccc(-n2cc(C(=O)Nc3cc(F)cc(F)c3)c(=O)c3ccccc32)cc1. The summed E-state index contributed by atoms with van der Waals surface area (Å²) in [6, 6.07) is 16.6. The van der Waals surface area contributed by atoms with Crippen molar-refractivity contribution in [1.82, 2.24) is 4.57 Å². The minimum Gasteiger partial charge on any atom is -0.497 e. The van der Waals surface area contributed by atoms with Gasteiger partial charge in [-0.25, -0.2) is 8.78 Å². The molecule has 3 aromatic carbocycles. The molecular weight excluding hydrogens is 390 g/mol. The van der Waals surface area contributed by atoms with Gasteiger partial charge in [0.2, 0.25) is 5.43 Å². The van der Waals surface area contributed by atoms with Crippen molar-refractivity contribution in [2.24, 2.45) is 0 Å². The Morgan fingerprint density at radius 1 is 0.967 bits per heavy atom. The Balaban J connectivity index is 1.84. The summed E-state index contributed by atoms with van der Waals surface area (Å²) in [5, 5.41) is 2.73. The van der Waals surface area contributed by atoms with Crippen LogP contribution in [0.1, 0.15) is 10.4 Å². The highest BCUT2D eigenvalue weighted by atomic mass is 19.1. The molecule has 30 heavy (non-hydrogen) atoms. The molecule has 0 radical (unpaired) electrons. The van der Waals surface area contributed by atoms with Gasteiger partial charge in [0, 0.05) is 29.0 Å². The van der Waals surface area contributed by atoms with Crippen molar-refractivity contribution in [2.75, 3.05) is 12.4 Å². The number of pyridine rings is 1. The number of ether oxygens (including phenoxy) is 1. The number of para-hydroxylation sites is 1. The summed E-state index contributed by atoms with van der Waals surface area (Å²) in [6.07, 6.45) is 1.41. The van der Waals surface area contributed by atoms with Gasteiger partial charge in [-0.05, 0) is 48.5 Å². The van der Waals surface area contributed by atoms with Crippen LogP contribution in [0.5, 0.6) is 5.75 Å². The number of nitrogens with one attached hydrogen (secondary N) is 1. The molecule has 1 heterocycles. The van der Waals surface area contributed by atoms with Crippen LogP contribution in [-0.2, 0) is 0 Å². The average molecular weight is 406 g/mol. The molecule has 1 aromatic heterocycles. The fourth-order valence-electron chi connectivity index (χ4n) is 3.22. The van der Waals surface area contributed by atoms with Crippen molar-refractivity contribution < 1.29 is 18.3 Å². The van der Waals surface area contributed by atoms with Gasteiger partial charge in [0.15, 0.2) is 0 Å². The number of benzene rings is 3. The van der Waals surface area contributed by atoms with Gasteiger partial charge >= 0.3 is 0 Å². The van der Waals surface area contributed by atoms with E-state index in [-0.39, 0.29) is 11.3 Å². The van der Waals surface area contributed by atoms with Gasteiger partial charge in [0.25, 0.3) is 5.91 Å². The molecule has 0 fully saturated rings. The van der Waals surface area contributed by atoms with Crippen LogP contribution in [0.2, 0.25) is 0 Å². The molecule has 0 aliphatic carbocycles. The smallest absolute Gasteiger partial charge is 0.261 e. The summed E-state index contributed by atoms with van der Waals surface area (Å²) in [6.45, 7) is 0. The second-order valence-corrected chi connectivity index (χ2v) is 6.57. The van der Waals surface area contributed by atoms with Gasteiger partial charge < -0.3 is 14.6 Å². The number of fused-ring (bicyclic) bond motifs is 1. The number of carbonyl (C=O) groups excluding carboxylic acids is 1. The summed E-state index contributed by atoms with van der Waals surface area (Å²) in [5.41, 5.74) is 0.596. The number of methoxy groups -OCH3 is 1. The molecule has 0 aliphatic rings. The topological polar surface area (TPSA) is 60.3 Å². The summed E-state index contributed by atoms with van der Waals surface area (Å²) < 4.78 is 33.8. The Bertz CT molecular complexity index is 1290. The van der Waals surface area contributed by atoms with Crippen LogP contribution in [0.25, 0.3) is 16.6 Å². The van der Waals surface area contributed by atoms with Crippen LogP contribution < -0.4 is 15.5 Å². The Kier molecular flexibility index (Phi) is 5.02. The molecule has 0 saturated carbocycles. The molecule has 0 atom stereocenters. The second-order valence-electron chi connectivity index (χ2n) is 6.57. The number of carbonyl (C=O) groups is 1. The third-order valence-corrected chi connectivity index (χ3v) is 4.63. The third-order valence-electron chi connectivity index (χ3n) is 4.63. The predicted molar refractivity (Wildman–Crippen MR) is 110 cm³/mol. The number of rotatable bonds is 4. The van der Waals surface area contributed by atoms with Crippen molar-refractivity contribution in [3.63, 3.8) is 0 Å². The van der Waals surface area contributed by atoms with Crippen molar-refractivity contribution in [2.45, 2.75) is 0 Å². The van der Waals surface area contributed by atoms with Crippen LogP contribution in [0, 0.1) is 11.6 Å². The fourth-order valence-corrected chi connectivity index (χ4v) is 3.22. The van der Waals surface area contributed by atoms with Gasteiger partial charge in [0.1, 0.15) is 22.9 Å². The molecule has 150 valence electrons. The summed E-state index contributed by atoms with van der Waals surface area (Å²) >= 11 is 0. The number of hydrogen-bond donors (Lipinski definition) is 1. The minimum absolute atomic E-state index is 0.0824. The maximum atomic E-state index is 13.4. The molecule has 0 saturated heterocycles. The number of nitrogens with zero attached hydrogens (tertiary/aromatic N) is 1. The molecule has 5 nitrogen and oxygen atoms in total. The first-order chi connectivity index (χ1) is 14.5. The Morgan fingerprint density at radius 3 is 2.30 bits per heavy atom. The van der Waals surface area contributed by atoms with Crippen molar-refractivity contribution in [1.29, 1.82) is 0 Å². The zero-order valence-electron chi connectivity index (χ0n) is 15.9. The van der Waals surface area contributed by atoms with E-state index < -0.39 is 23.0 Å². The lowest BCUT2D eigenvalue weighted by atomic mass is 10.1. The van der Waals surface area contributed by atoms with E-state index in [1.807, 2.05) is 0 Å². The van der Waals surface area contributed by atoms with E-state index in [1.54, 1.807) is 60.2 Å². The first kappa shape index (κ1) is 19.3. The maximum Gasteiger partial charge on any atom is 0.261 e. The molecule has 0 unspecified atom stereocenters. The van der Waals surface area contributed by atoms with Gasteiger partial charge in [-0.2, -0.15) is 0 Å². The van der Waals surface area contributed by atoms with Crippen LogP contribution >= 0.6 is 0 Å². The fraction of sp³-hybridized carbons (Fsp3) is 0.0435. The van der Waals surface area contributed by atoms with Crippen molar-refractivity contribution >= 4 is 22.5 Å². The lowest BCUT2D eigenvalue weighted by Gasteiger charge is -2.14. The van der Waals surface area contributed by atoms with Gasteiger partial charge in [-0.3, -0.25) is 9.59 Å². The van der Waals surface area contributed by atoms with Gasteiger partial charge in [-0.1, -0.05) is 12.1 Å². The second kappa shape index (κ2) is 7.79. The van der Waals surface area contributed by atoms with Crippen molar-refractivity contribution in [3.8, 4) is 11.4 Å². The number of hydrogen-bond acceptors (Lipinski definition) is 3. The number of aromatic nitrogens is 1. The minimum atomic E-state index is -0.834. The average Bonchev–Trinajstić information content (AvgIpc) is 2.73. The van der Waals surface area contributed by atoms with E-state index in [4.69, 9.17) is 4.74 Å². The molecule has 1 amide bonds. The summed E-state index contributed by atoms with van der Waals surface area (Å²) in [7, 11) is 1.56. The molecule has 1 N–H and O–H groups in total. The normalized spacial score (nSPS) is 10.8. The lowest BCUT2D eigenvalue weighted by molar-refractivity contribution is 0.102. The highest BCUT2D eigenvalue weighted by Gasteiger charge is 2.17. The summed E-state index contributed by atoms with van der Waals surface area (Å²) in [4.78, 5) is 25.7. The van der Waals surface area contributed by atoms with Crippen LogP contribution in [0.4, 0.5) is 14.5 Å². The van der Waals surface area contributed by atoms with E-state index in [0.717, 1.165) is 12.1 Å². The molecule has 4 rings (SSSR count). The van der Waals surface area contributed by atoms with E-state index in [0.29, 0.717) is 28.4 Å². The first-order valence-corrected chi connectivity index (χ1v) is 9.02. The monoisotopic (exact) mass is 406 g/mol. The van der Waals surface area contributed by atoms with E-state index in [1.165, 1.54) is 6.20 Å². The molecule has 0 bridgehead atoms. The zero-order valence-corrected chi connectivity index (χ0v) is 15.9. The van der Waals surface area contributed by atoms with E-state index in [9.17, 15) is 18.4 Å². The first-order valence-electron chi connectivity index (χ1n) is 9.02. The number of amides is 1. The van der Waals surface area contributed by atoms with Gasteiger partial charge in [-0.15, -0.1) is 0 Å². The molecule has 0 aliphatic heterocycles. The number of anilines is 1. The molecule has 4 aromatic rings. The lowest BCUT2D eigenvalue weighted by Crippen LogP contribution is -2.23. The van der Waals surface area contributed by atoms with Crippen molar-refractivity contribution in [3.05, 3.63) is 100 Å². The molecular formula is C23H16F2N2O3. The highest BCUT2D eigenvalue weighted by Crippen LogP contribution is 2.21. The molecule has 0 spiro atoms. The number of halogens is 2. The molecule has 7 heteroatoms. The van der Waals surface area contributed by atoms with Crippen LogP contribution in [0.15, 0.2) is 77.7 Å². The van der Waals surface area contributed by atoms with E-state index in [2.05, 4.69) is 5.32 Å². The Hall–Kier alpha value is -4.00. The zero-order chi connectivity index (χ0) is 21.3. The highest BCUT2D eigenvalue weighted by molar-refractivity contribution is 6.06. The predicted octanol–water partition coefficient (Wildman–Crippen LogP) is 4.53. The summed E-state index contributed by atoms with van der Waals surface area (Å²) in [5.74, 6) is -1.77. The standard InChI is InChI=1S/C23H16F2N2O3/c1-30-18-8-6-17(7-9-18)27-13-20(22(28)19-4-2-3-5-21(19)27)23(29)26-16-11-14(24)10-15(25)12-16/h2-13H,1H3,(H,26,29). The maximum absolute atomic E-state index is 13.4. The third kappa shape index (κ3) is 3.65. The van der Waals surface area contributed by atoms with Crippen LogP contribution in [-0.4, -0.2) is 17.6 Å². The van der Waals surface area contributed by atoms with E-state index >= 15 is 0 Å².